The first-order chi connectivity index (χ1) is 13.6. The average molecular weight is 426 g/mol. The van der Waals surface area contributed by atoms with E-state index in [1.807, 2.05) is 44.1 Å². The van der Waals surface area contributed by atoms with E-state index in [2.05, 4.69) is 10.0 Å². The SMILES string of the molecule is CN(C)CCNS(=O)(=O)c1ccc(NCC(c2ccco2)N(C)C)c([N+](=O)[O-])c1. The highest BCUT2D eigenvalue weighted by Gasteiger charge is 2.23. The maximum atomic E-state index is 12.4. The second kappa shape index (κ2) is 9.83. The van der Waals surface area contributed by atoms with E-state index in [-0.39, 0.29) is 28.9 Å². The molecule has 1 heterocycles. The zero-order valence-corrected chi connectivity index (χ0v) is 17.8. The van der Waals surface area contributed by atoms with Gasteiger partial charge in [-0.25, -0.2) is 13.1 Å². The molecule has 0 bridgehead atoms. The van der Waals surface area contributed by atoms with Crippen molar-refractivity contribution in [3.63, 3.8) is 0 Å². The van der Waals surface area contributed by atoms with Crippen molar-refractivity contribution >= 4 is 21.4 Å². The Labute approximate surface area is 170 Å². The Morgan fingerprint density at radius 3 is 2.48 bits per heavy atom. The maximum absolute atomic E-state index is 12.4. The standard InChI is InChI=1S/C18H27N5O5S/c1-21(2)10-9-20-29(26,27)14-7-8-15(16(12-14)23(24)25)19-13-17(22(3)4)18-6-5-11-28-18/h5-8,11-12,17,19-20H,9-10,13H2,1-4H3. The zero-order chi connectivity index (χ0) is 21.6. The minimum absolute atomic E-state index is 0.149. The van der Waals surface area contributed by atoms with Crippen molar-refractivity contribution in [2.45, 2.75) is 10.9 Å². The highest BCUT2D eigenvalue weighted by Crippen LogP contribution is 2.29. The highest BCUT2D eigenvalue weighted by atomic mass is 32.2. The van der Waals surface area contributed by atoms with E-state index in [1.165, 1.54) is 12.1 Å². The van der Waals surface area contributed by atoms with Crippen molar-refractivity contribution in [1.82, 2.24) is 14.5 Å². The molecule has 1 unspecified atom stereocenters. The number of anilines is 1. The summed E-state index contributed by atoms with van der Waals surface area (Å²) in [5, 5.41) is 14.6. The molecule has 0 aliphatic rings. The molecule has 2 rings (SSSR count). The van der Waals surface area contributed by atoms with Crippen molar-refractivity contribution in [1.29, 1.82) is 0 Å². The molecule has 0 saturated heterocycles. The average Bonchev–Trinajstić information content (AvgIpc) is 3.15. The third kappa shape index (κ3) is 6.26. The van der Waals surface area contributed by atoms with Crippen LogP contribution in [0.3, 0.4) is 0 Å². The lowest BCUT2D eigenvalue weighted by Gasteiger charge is -2.23. The van der Waals surface area contributed by atoms with E-state index in [4.69, 9.17) is 4.42 Å². The molecule has 29 heavy (non-hydrogen) atoms. The van der Waals surface area contributed by atoms with Gasteiger partial charge in [0.1, 0.15) is 11.4 Å². The number of nitrogens with one attached hydrogen (secondary N) is 2. The van der Waals surface area contributed by atoms with Gasteiger partial charge in [0.25, 0.3) is 5.69 Å². The summed E-state index contributed by atoms with van der Waals surface area (Å²) in [5.41, 5.74) is -0.0712. The lowest BCUT2D eigenvalue weighted by Crippen LogP contribution is -2.31. The van der Waals surface area contributed by atoms with Gasteiger partial charge in [-0.15, -0.1) is 0 Å². The molecule has 10 nitrogen and oxygen atoms in total. The summed E-state index contributed by atoms with van der Waals surface area (Å²) in [7, 11) is 3.55. The number of nitro groups is 1. The van der Waals surface area contributed by atoms with Crippen LogP contribution >= 0.6 is 0 Å². The number of benzene rings is 1. The number of likely N-dealkylation sites (N-methyl/N-ethyl adjacent to an activating group) is 2. The first-order valence-corrected chi connectivity index (χ1v) is 10.5. The van der Waals surface area contributed by atoms with E-state index in [1.54, 1.807) is 12.3 Å². The van der Waals surface area contributed by atoms with E-state index in [9.17, 15) is 18.5 Å². The zero-order valence-electron chi connectivity index (χ0n) is 17.0. The third-order valence-electron chi connectivity index (χ3n) is 4.31. The number of rotatable bonds is 11. The third-order valence-corrected chi connectivity index (χ3v) is 5.77. The van der Waals surface area contributed by atoms with Crippen LogP contribution in [0, 0.1) is 10.1 Å². The molecule has 0 aliphatic heterocycles. The Morgan fingerprint density at radius 2 is 1.93 bits per heavy atom. The normalized spacial score (nSPS) is 13.0. The minimum Gasteiger partial charge on any atom is -0.468 e. The maximum Gasteiger partial charge on any atom is 0.293 e. The molecule has 1 aromatic carbocycles. The van der Waals surface area contributed by atoms with Gasteiger partial charge in [0.2, 0.25) is 10.0 Å². The molecule has 2 aromatic rings. The predicted molar refractivity (Wildman–Crippen MR) is 110 cm³/mol. The fraction of sp³-hybridized carbons (Fsp3) is 0.444. The molecule has 0 amide bonds. The van der Waals surface area contributed by atoms with Crippen LogP contribution in [0.2, 0.25) is 0 Å². The van der Waals surface area contributed by atoms with Gasteiger partial charge in [-0.2, -0.15) is 0 Å². The molecule has 1 atom stereocenters. The van der Waals surface area contributed by atoms with Crippen LogP contribution in [0.15, 0.2) is 45.9 Å². The number of nitrogens with zero attached hydrogens (tertiary/aromatic N) is 3. The minimum atomic E-state index is -3.84. The Balaban J connectivity index is 2.20. The summed E-state index contributed by atoms with van der Waals surface area (Å²) >= 11 is 0. The van der Waals surface area contributed by atoms with Crippen LogP contribution in [0.5, 0.6) is 0 Å². The van der Waals surface area contributed by atoms with E-state index in [0.29, 0.717) is 13.1 Å². The summed E-state index contributed by atoms with van der Waals surface area (Å²) in [5.74, 6) is 0.717. The Bertz CT molecular complexity index is 913. The van der Waals surface area contributed by atoms with Crippen molar-refractivity contribution in [3.05, 3.63) is 52.5 Å². The van der Waals surface area contributed by atoms with Crippen molar-refractivity contribution < 1.29 is 17.8 Å². The van der Waals surface area contributed by atoms with Crippen LogP contribution < -0.4 is 10.0 Å². The van der Waals surface area contributed by atoms with E-state index in [0.717, 1.165) is 11.8 Å². The number of furan rings is 1. The Hall–Kier alpha value is -2.47. The monoisotopic (exact) mass is 425 g/mol. The lowest BCUT2D eigenvalue weighted by molar-refractivity contribution is -0.384. The number of hydrogen-bond acceptors (Lipinski definition) is 8. The first kappa shape index (κ1) is 22.8. The second-order valence-corrected chi connectivity index (χ2v) is 8.78. The predicted octanol–water partition coefficient (Wildman–Crippen LogP) is 1.74. The first-order valence-electron chi connectivity index (χ1n) is 8.98. The fourth-order valence-electron chi connectivity index (χ4n) is 2.69. The van der Waals surface area contributed by atoms with Gasteiger partial charge in [0.15, 0.2) is 0 Å². The topological polar surface area (TPSA) is 121 Å². The summed E-state index contributed by atoms with van der Waals surface area (Å²) in [4.78, 5) is 14.5. The van der Waals surface area contributed by atoms with Crippen LogP contribution in [0.4, 0.5) is 11.4 Å². The van der Waals surface area contributed by atoms with Gasteiger partial charge in [0.05, 0.1) is 22.1 Å². The van der Waals surface area contributed by atoms with Gasteiger partial charge >= 0.3 is 0 Å². The van der Waals surface area contributed by atoms with Crippen molar-refractivity contribution in [2.24, 2.45) is 0 Å². The molecule has 2 N–H and O–H groups in total. The van der Waals surface area contributed by atoms with E-state index < -0.39 is 14.9 Å². The second-order valence-electron chi connectivity index (χ2n) is 7.01. The van der Waals surface area contributed by atoms with Gasteiger partial charge in [-0.3, -0.25) is 15.0 Å². The highest BCUT2D eigenvalue weighted by molar-refractivity contribution is 7.89. The summed E-state index contributed by atoms with van der Waals surface area (Å²) in [6.45, 7) is 1.06. The largest absolute Gasteiger partial charge is 0.468 e. The number of nitro benzene ring substituents is 1. The quantitative estimate of drug-likeness (QED) is 0.412. The molecular formula is C18H27N5O5S. The molecule has 0 radical (unpaired) electrons. The molecule has 0 saturated carbocycles. The number of sulfonamides is 1. The summed E-state index contributed by atoms with van der Waals surface area (Å²) in [6.07, 6.45) is 1.57. The molecule has 0 aliphatic carbocycles. The van der Waals surface area contributed by atoms with Gasteiger partial charge in [-0.05, 0) is 52.5 Å². The summed E-state index contributed by atoms with van der Waals surface area (Å²) in [6, 6.07) is 7.28. The smallest absolute Gasteiger partial charge is 0.293 e. The number of hydrogen-bond donors (Lipinski definition) is 2. The summed E-state index contributed by atoms with van der Waals surface area (Å²) < 4.78 is 32.7. The van der Waals surface area contributed by atoms with Gasteiger partial charge in [-0.1, -0.05) is 0 Å². The van der Waals surface area contributed by atoms with Crippen molar-refractivity contribution in [2.75, 3.05) is 53.1 Å². The van der Waals surface area contributed by atoms with Crippen LogP contribution in [0.1, 0.15) is 11.8 Å². The van der Waals surface area contributed by atoms with Crippen LogP contribution in [0.25, 0.3) is 0 Å². The van der Waals surface area contributed by atoms with Crippen molar-refractivity contribution in [3.8, 4) is 0 Å². The Kier molecular flexibility index (Phi) is 7.73. The lowest BCUT2D eigenvalue weighted by atomic mass is 10.2. The van der Waals surface area contributed by atoms with Gasteiger partial charge in [0, 0.05) is 25.7 Å². The fourth-order valence-corrected chi connectivity index (χ4v) is 3.73. The Morgan fingerprint density at radius 1 is 1.21 bits per heavy atom. The molecule has 0 spiro atoms. The van der Waals surface area contributed by atoms with Gasteiger partial charge < -0.3 is 14.6 Å². The molecular weight excluding hydrogens is 398 g/mol. The van der Waals surface area contributed by atoms with Crippen LogP contribution in [-0.4, -0.2) is 71.0 Å². The molecule has 0 fully saturated rings. The van der Waals surface area contributed by atoms with E-state index >= 15 is 0 Å². The van der Waals surface area contributed by atoms with Crippen LogP contribution in [-0.2, 0) is 10.0 Å². The molecule has 1 aromatic heterocycles. The molecule has 11 heteroatoms. The molecule has 160 valence electrons.